The Morgan fingerprint density at radius 1 is 1.23 bits per heavy atom. The Morgan fingerprint density at radius 2 is 2.05 bits per heavy atom. The van der Waals surface area contributed by atoms with Crippen LogP contribution in [-0.4, -0.2) is 16.8 Å². The van der Waals surface area contributed by atoms with Crippen molar-refractivity contribution in [1.82, 2.24) is 9.66 Å². The van der Waals surface area contributed by atoms with E-state index in [1.165, 1.54) is 11.8 Å². The van der Waals surface area contributed by atoms with Crippen molar-refractivity contribution >= 4 is 22.7 Å². The molecule has 0 atom stereocenters. The van der Waals surface area contributed by atoms with Crippen molar-refractivity contribution in [2.24, 2.45) is 0 Å². The van der Waals surface area contributed by atoms with Gasteiger partial charge in [-0.3, -0.25) is 4.79 Å². The summed E-state index contributed by atoms with van der Waals surface area (Å²) in [5.74, 6) is 7.32. The molecule has 2 N–H and O–H groups in total. The molecule has 3 rings (SSSR count). The van der Waals surface area contributed by atoms with E-state index in [0.717, 1.165) is 16.0 Å². The van der Waals surface area contributed by atoms with E-state index in [0.29, 0.717) is 21.8 Å². The van der Waals surface area contributed by atoms with Gasteiger partial charge in [0.1, 0.15) is 5.75 Å². The van der Waals surface area contributed by atoms with Gasteiger partial charge in [0.25, 0.3) is 5.56 Å². The molecular weight excluding hydrogens is 298 g/mol. The molecule has 0 bridgehead atoms. The lowest BCUT2D eigenvalue weighted by Gasteiger charge is -2.09. The molecule has 5 nitrogen and oxygen atoms in total. The Balaban J connectivity index is 1.90. The zero-order valence-electron chi connectivity index (χ0n) is 12.0. The van der Waals surface area contributed by atoms with Crippen molar-refractivity contribution in [1.29, 1.82) is 0 Å². The lowest BCUT2D eigenvalue weighted by atomic mass is 10.2. The molecule has 0 aliphatic rings. The highest BCUT2D eigenvalue weighted by Gasteiger charge is 2.09. The van der Waals surface area contributed by atoms with Gasteiger partial charge in [0.05, 0.1) is 18.0 Å². The number of nitrogens with zero attached hydrogens (tertiary/aromatic N) is 2. The molecule has 0 amide bonds. The molecule has 112 valence electrons. The van der Waals surface area contributed by atoms with Gasteiger partial charge in [0.15, 0.2) is 5.16 Å². The normalized spacial score (nSPS) is 10.8. The summed E-state index contributed by atoms with van der Waals surface area (Å²) in [6.07, 6.45) is 0. The van der Waals surface area contributed by atoms with Gasteiger partial charge in [-0.1, -0.05) is 36.0 Å². The standard InChI is InChI=1S/C16H15N3O2S/c1-21-12-6-4-5-11(9-12)10-22-16-18-14-8-3-2-7-13(14)15(20)19(16)17/h2-9H,10,17H2,1H3. The number of benzene rings is 2. The maximum Gasteiger partial charge on any atom is 0.280 e. The van der Waals surface area contributed by atoms with E-state index in [1.54, 1.807) is 19.2 Å². The van der Waals surface area contributed by atoms with E-state index in [4.69, 9.17) is 10.6 Å². The maximum atomic E-state index is 12.2. The highest BCUT2D eigenvalue weighted by Crippen LogP contribution is 2.23. The van der Waals surface area contributed by atoms with Gasteiger partial charge >= 0.3 is 0 Å². The molecule has 0 fully saturated rings. The van der Waals surface area contributed by atoms with Crippen LogP contribution in [0.3, 0.4) is 0 Å². The first-order valence-electron chi connectivity index (χ1n) is 6.71. The number of rotatable bonds is 4. The molecule has 0 unspecified atom stereocenters. The van der Waals surface area contributed by atoms with Gasteiger partial charge in [-0.2, -0.15) is 0 Å². The molecule has 1 aromatic heterocycles. The van der Waals surface area contributed by atoms with E-state index in [2.05, 4.69) is 4.98 Å². The number of nitrogen functional groups attached to an aromatic ring is 1. The van der Waals surface area contributed by atoms with Crippen LogP contribution in [0.15, 0.2) is 58.5 Å². The van der Waals surface area contributed by atoms with Crippen LogP contribution in [0.2, 0.25) is 0 Å². The lowest BCUT2D eigenvalue weighted by Crippen LogP contribution is -2.29. The van der Waals surface area contributed by atoms with Gasteiger partial charge in [0, 0.05) is 5.75 Å². The molecule has 0 saturated carbocycles. The Hall–Kier alpha value is -2.47. The second kappa shape index (κ2) is 6.11. The van der Waals surface area contributed by atoms with Crippen LogP contribution in [0.1, 0.15) is 5.56 Å². The summed E-state index contributed by atoms with van der Waals surface area (Å²) in [5.41, 5.74) is 1.49. The van der Waals surface area contributed by atoms with Crippen molar-refractivity contribution < 1.29 is 4.74 Å². The lowest BCUT2D eigenvalue weighted by molar-refractivity contribution is 0.414. The fraction of sp³-hybridized carbons (Fsp3) is 0.125. The van der Waals surface area contributed by atoms with E-state index in [-0.39, 0.29) is 5.56 Å². The molecule has 0 aliphatic carbocycles. The third-order valence-corrected chi connectivity index (χ3v) is 4.30. The minimum Gasteiger partial charge on any atom is -0.497 e. The van der Waals surface area contributed by atoms with Crippen molar-refractivity contribution in [3.05, 3.63) is 64.4 Å². The van der Waals surface area contributed by atoms with Crippen molar-refractivity contribution in [3.63, 3.8) is 0 Å². The molecule has 6 heteroatoms. The highest BCUT2D eigenvalue weighted by atomic mass is 32.2. The topological polar surface area (TPSA) is 70.1 Å². The van der Waals surface area contributed by atoms with Gasteiger partial charge in [-0.15, -0.1) is 0 Å². The second-order valence-electron chi connectivity index (χ2n) is 4.73. The first kappa shape index (κ1) is 14.5. The largest absolute Gasteiger partial charge is 0.497 e. The smallest absolute Gasteiger partial charge is 0.280 e. The van der Waals surface area contributed by atoms with E-state index < -0.39 is 0 Å². The van der Waals surface area contributed by atoms with Crippen molar-refractivity contribution in [3.8, 4) is 5.75 Å². The summed E-state index contributed by atoms with van der Waals surface area (Å²) < 4.78 is 6.31. The summed E-state index contributed by atoms with van der Waals surface area (Å²) in [6.45, 7) is 0. The highest BCUT2D eigenvalue weighted by molar-refractivity contribution is 7.98. The molecule has 0 radical (unpaired) electrons. The number of thioether (sulfide) groups is 1. The number of para-hydroxylation sites is 1. The van der Waals surface area contributed by atoms with Crippen LogP contribution >= 0.6 is 11.8 Å². The molecule has 3 aromatic rings. The van der Waals surface area contributed by atoms with Gasteiger partial charge in [-0.05, 0) is 29.8 Å². The molecular formula is C16H15N3O2S. The summed E-state index contributed by atoms with van der Waals surface area (Å²) in [5, 5.41) is 1.02. The molecule has 0 saturated heterocycles. The number of ether oxygens (including phenoxy) is 1. The van der Waals surface area contributed by atoms with Crippen LogP contribution in [0.4, 0.5) is 0 Å². The molecule has 2 aromatic carbocycles. The Kier molecular flexibility index (Phi) is 4.02. The Labute approximate surface area is 131 Å². The Morgan fingerprint density at radius 3 is 2.86 bits per heavy atom. The third kappa shape index (κ3) is 2.78. The van der Waals surface area contributed by atoms with Gasteiger partial charge < -0.3 is 10.6 Å². The summed E-state index contributed by atoms with van der Waals surface area (Å²) in [4.78, 5) is 16.7. The zero-order valence-corrected chi connectivity index (χ0v) is 12.8. The summed E-state index contributed by atoms with van der Waals surface area (Å²) >= 11 is 1.42. The SMILES string of the molecule is COc1cccc(CSc2nc3ccccc3c(=O)n2N)c1. The fourth-order valence-corrected chi connectivity index (χ4v) is 3.00. The van der Waals surface area contributed by atoms with Gasteiger partial charge in [0.2, 0.25) is 0 Å². The van der Waals surface area contributed by atoms with E-state index >= 15 is 0 Å². The fourth-order valence-electron chi connectivity index (χ4n) is 2.14. The molecule has 0 spiro atoms. The minimum atomic E-state index is -0.237. The second-order valence-corrected chi connectivity index (χ2v) is 5.67. The van der Waals surface area contributed by atoms with Crippen molar-refractivity contribution in [2.75, 3.05) is 13.0 Å². The van der Waals surface area contributed by atoms with Crippen molar-refractivity contribution in [2.45, 2.75) is 10.9 Å². The first-order chi connectivity index (χ1) is 10.7. The minimum absolute atomic E-state index is 0.237. The molecule has 22 heavy (non-hydrogen) atoms. The summed E-state index contributed by atoms with van der Waals surface area (Å²) in [7, 11) is 1.63. The van der Waals surface area contributed by atoms with Crippen LogP contribution in [0.25, 0.3) is 10.9 Å². The van der Waals surface area contributed by atoms with Crippen LogP contribution in [0, 0.1) is 0 Å². The number of hydrogen-bond donors (Lipinski definition) is 1. The Bertz CT molecular complexity index is 877. The number of aromatic nitrogens is 2. The monoisotopic (exact) mass is 313 g/mol. The summed E-state index contributed by atoms with van der Waals surface area (Å²) in [6, 6.07) is 15.0. The van der Waals surface area contributed by atoms with Gasteiger partial charge in [-0.25, -0.2) is 9.66 Å². The number of methoxy groups -OCH3 is 1. The average Bonchev–Trinajstić information content (AvgIpc) is 2.57. The molecule has 1 heterocycles. The molecule has 0 aliphatic heterocycles. The zero-order chi connectivity index (χ0) is 15.5. The quantitative estimate of drug-likeness (QED) is 0.455. The number of hydrogen-bond acceptors (Lipinski definition) is 5. The van der Waals surface area contributed by atoms with Crippen LogP contribution < -0.4 is 16.1 Å². The average molecular weight is 313 g/mol. The number of fused-ring (bicyclic) bond motifs is 1. The predicted molar refractivity (Wildman–Crippen MR) is 88.7 cm³/mol. The maximum absolute atomic E-state index is 12.2. The van der Waals surface area contributed by atoms with E-state index in [1.807, 2.05) is 36.4 Å². The first-order valence-corrected chi connectivity index (χ1v) is 7.70. The van der Waals surface area contributed by atoms with Crippen LogP contribution in [-0.2, 0) is 5.75 Å². The third-order valence-electron chi connectivity index (χ3n) is 3.28. The van der Waals surface area contributed by atoms with E-state index in [9.17, 15) is 4.79 Å². The predicted octanol–water partition coefficient (Wildman–Crippen LogP) is 2.41. The number of nitrogens with two attached hydrogens (primary N) is 1. The van der Waals surface area contributed by atoms with Crippen LogP contribution in [0.5, 0.6) is 5.75 Å².